The number of carbonyl (C=O) groups excluding carboxylic acids is 1. The van der Waals surface area contributed by atoms with Crippen molar-refractivity contribution in [1.82, 2.24) is 4.72 Å². The van der Waals surface area contributed by atoms with Gasteiger partial charge < -0.3 is 5.32 Å². The minimum absolute atomic E-state index is 0.00888. The molecule has 1 aliphatic rings. The molecule has 0 aromatic heterocycles. The third-order valence-corrected chi connectivity index (χ3v) is 7.74. The maximum atomic E-state index is 12.6. The van der Waals surface area contributed by atoms with E-state index in [0.29, 0.717) is 25.7 Å². The van der Waals surface area contributed by atoms with E-state index >= 15 is 0 Å². The zero-order valence-corrected chi connectivity index (χ0v) is 18.1. The van der Waals surface area contributed by atoms with Gasteiger partial charge in [-0.05, 0) is 69.7 Å². The molecule has 2 N–H and O–H groups in total. The Morgan fingerprint density at radius 2 is 1.41 bits per heavy atom. The smallest absolute Gasteiger partial charge is 0.227 e. The van der Waals surface area contributed by atoms with Crippen molar-refractivity contribution in [2.24, 2.45) is 5.92 Å². The molecule has 0 bridgehead atoms. The van der Waals surface area contributed by atoms with E-state index in [1.54, 1.807) is 20.8 Å². The molecule has 0 heterocycles. The van der Waals surface area contributed by atoms with Crippen LogP contribution in [-0.4, -0.2) is 25.1 Å². The highest BCUT2D eigenvalue weighted by Gasteiger charge is 2.34. The van der Waals surface area contributed by atoms with Gasteiger partial charge in [-0.3, -0.25) is 4.79 Å². The lowest BCUT2D eigenvalue weighted by Crippen LogP contribution is -2.46. The molecule has 0 unspecified atom stereocenters. The highest BCUT2D eigenvalue weighted by Crippen LogP contribution is 2.28. The van der Waals surface area contributed by atoms with Crippen LogP contribution in [0.3, 0.4) is 0 Å². The molecule has 0 saturated heterocycles. The van der Waals surface area contributed by atoms with Crippen molar-refractivity contribution >= 4 is 21.6 Å². The molecule has 2 aromatic rings. The summed E-state index contributed by atoms with van der Waals surface area (Å²) in [5.74, 6) is -0.0752. The van der Waals surface area contributed by atoms with E-state index < -0.39 is 14.8 Å². The van der Waals surface area contributed by atoms with Gasteiger partial charge in [-0.2, -0.15) is 0 Å². The van der Waals surface area contributed by atoms with Crippen LogP contribution in [-0.2, 0) is 14.8 Å². The van der Waals surface area contributed by atoms with Gasteiger partial charge in [-0.1, -0.05) is 42.5 Å². The summed E-state index contributed by atoms with van der Waals surface area (Å²) in [5.41, 5.74) is 3.03. The van der Waals surface area contributed by atoms with E-state index in [2.05, 4.69) is 22.2 Å². The average molecular weight is 415 g/mol. The molecular weight excluding hydrogens is 384 g/mol. The molecule has 156 valence electrons. The quantitative estimate of drug-likeness (QED) is 0.753. The topological polar surface area (TPSA) is 75.3 Å². The van der Waals surface area contributed by atoms with Crippen molar-refractivity contribution in [1.29, 1.82) is 0 Å². The number of benzene rings is 2. The van der Waals surface area contributed by atoms with E-state index in [0.717, 1.165) is 16.8 Å². The largest absolute Gasteiger partial charge is 0.326 e. The third kappa shape index (κ3) is 5.46. The Kier molecular flexibility index (Phi) is 6.44. The fourth-order valence-electron chi connectivity index (χ4n) is 3.49. The average Bonchev–Trinajstić information content (AvgIpc) is 2.68. The summed E-state index contributed by atoms with van der Waals surface area (Å²) < 4.78 is 26.6. The minimum atomic E-state index is -3.36. The van der Waals surface area contributed by atoms with Gasteiger partial charge in [0.2, 0.25) is 15.9 Å². The Morgan fingerprint density at radius 1 is 0.862 bits per heavy atom. The Labute approximate surface area is 174 Å². The lowest BCUT2D eigenvalue weighted by molar-refractivity contribution is -0.120. The number of anilines is 1. The van der Waals surface area contributed by atoms with Crippen molar-refractivity contribution in [3.05, 3.63) is 54.6 Å². The number of nitrogens with one attached hydrogen (secondary N) is 2. The number of rotatable bonds is 5. The molecular formula is C23H30N2O3S. The molecule has 1 aliphatic carbocycles. The van der Waals surface area contributed by atoms with Gasteiger partial charge in [0.05, 0.1) is 4.75 Å². The van der Waals surface area contributed by atoms with Gasteiger partial charge in [0.25, 0.3) is 0 Å². The first kappa shape index (κ1) is 21.5. The summed E-state index contributed by atoms with van der Waals surface area (Å²) >= 11 is 0. The van der Waals surface area contributed by atoms with E-state index in [-0.39, 0.29) is 17.9 Å². The zero-order chi connectivity index (χ0) is 21.1. The van der Waals surface area contributed by atoms with Gasteiger partial charge in [0.1, 0.15) is 0 Å². The Hall–Kier alpha value is -2.18. The predicted molar refractivity (Wildman–Crippen MR) is 118 cm³/mol. The lowest BCUT2D eigenvalue weighted by Gasteiger charge is -2.30. The highest BCUT2D eigenvalue weighted by molar-refractivity contribution is 7.90. The maximum Gasteiger partial charge on any atom is 0.227 e. The maximum absolute atomic E-state index is 12.6. The molecule has 0 aliphatic heterocycles. The molecule has 3 rings (SSSR count). The Morgan fingerprint density at radius 3 is 1.97 bits per heavy atom. The molecule has 1 amide bonds. The van der Waals surface area contributed by atoms with Gasteiger partial charge in [0.15, 0.2) is 0 Å². The van der Waals surface area contributed by atoms with Crippen LogP contribution in [0.1, 0.15) is 46.5 Å². The normalized spacial score (nSPS) is 20.2. The summed E-state index contributed by atoms with van der Waals surface area (Å²) in [6.45, 7) is 5.08. The van der Waals surface area contributed by atoms with E-state index in [1.165, 1.54) is 0 Å². The van der Waals surface area contributed by atoms with Crippen LogP contribution in [0.2, 0.25) is 0 Å². The number of hydrogen-bond donors (Lipinski definition) is 2. The molecule has 1 saturated carbocycles. The second kappa shape index (κ2) is 8.67. The number of sulfonamides is 1. The number of hydrogen-bond acceptors (Lipinski definition) is 3. The molecule has 0 atom stereocenters. The van der Waals surface area contributed by atoms with E-state index in [4.69, 9.17) is 0 Å². The third-order valence-electron chi connectivity index (χ3n) is 5.49. The van der Waals surface area contributed by atoms with Crippen LogP contribution >= 0.6 is 0 Å². The second-order valence-corrected chi connectivity index (χ2v) is 11.2. The Balaban J connectivity index is 1.52. The SMILES string of the molecule is CC(C)(C)S(=O)(=O)NC1CCC(C(=O)Nc2ccc(-c3ccccc3)cc2)CC1. The van der Waals surface area contributed by atoms with Crippen molar-refractivity contribution in [2.45, 2.75) is 57.2 Å². The standard InChI is InChI=1S/C23H30N2O3S/c1-23(2,3)29(27,28)25-21-15-11-19(12-16-21)22(26)24-20-13-9-18(10-14-20)17-7-5-4-6-8-17/h4-10,13-14,19,21,25H,11-12,15-16H2,1-3H3,(H,24,26). The monoisotopic (exact) mass is 414 g/mol. The van der Waals surface area contributed by atoms with Gasteiger partial charge in [-0.15, -0.1) is 0 Å². The number of amides is 1. The second-order valence-electron chi connectivity index (χ2n) is 8.71. The lowest BCUT2D eigenvalue weighted by atomic mass is 9.86. The zero-order valence-electron chi connectivity index (χ0n) is 17.3. The van der Waals surface area contributed by atoms with Crippen molar-refractivity contribution in [2.75, 3.05) is 5.32 Å². The first-order valence-electron chi connectivity index (χ1n) is 10.1. The van der Waals surface area contributed by atoms with Crippen LogP contribution in [0.4, 0.5) is 5.69 Å². The highest BCUT2D eigenvalue weighted by atomic mass is 32.2. The molecule has 29 heavy (non-hydrogen) atoms. The number of carbonyl (C=O) groups is 1. The fraction of sp³-hybridized carbons (Fsp3) is 0.435. The molecule has 0 radical (unpaired) electrons. The summed E-state index contributed by atoms with van der Waals surface area (Å²) in [7, 11) is -3.36. The van der Waals surface area contributed by atoms with Gasteiger partial charge >= 0.3 is 0 Å². The fourth-order valence-corrected chi connectivity index (χ4v) is 4.52. The molecule has 5 nitrogen and oxygen atoms in total. The van der Waals surface area contributed by atoms with Crippen molar-refractivity contribution < 1.29 is 13.2 Å². The van der Waals surface area contributed by atoms with Crippen LogP contribution in [0.25, 0.3) is 11.1 Å². The molecule has 6 heteroatoms. The van der Waals surface area contributed by atoms with Crippen LogP contribution in [0, 0.1) is 5.92 Å². The van der Waals surface area contributed by atoms with Gasteiger partial charge in [-0.25, -0.2) is 13.1 Å². The van der Waals surface area contributed by atoms with Crippen molar-refractivity contribution in [3.63, 3.8) is 0 Å². The predicted octanol–water partition coefficient (Wildman–Crippen LogP) is 4.57. The summed E-state index contributed by atoms with van der Waals surface area (Å²) in [5, 5.41) is 3.00. The van der Waals surface area contributed by atoms with Crippen LogP contribution in [0.15, 0.2) is 54.6 Å². The van der Waals surface area contributed by atoms with E-state index in [1.807, 2.05) is 42.5 Å². The summed E-state index contributed by atoms with van der Waals surface area (Å²) in [4.78, 5) is 12.6. The van der Waals surface area contributed by atoms with Crippen molar-refractivity contribution in [3.8, 4) is 11.1 Å². The summed E-state index contributed by atoms with van der Waals surface area (Å²) in [6, 6.07) is 17.9. The first-order chi connectivity index (χ1) is 13.7. The minimum Gasteiger partial charge on any atom is -0.326 e. The van der Waals surface area contributed by atoms with Gasteiger partial charge in [0, 0.05) is 17.6 Å². The van der Waals surface area contributed by atoms with E-state index in [9.17, 15) is 13.2 Å². The van der Waals surface area contributed by atoms with Crippen LogP contribution < -0.4 is 10.0 Å². The Bertz CT molecular complexity index is 924. The summed E-state index contributed by atoms with van der Waals surface area (Å²) in [6.07, 6.45) is 2.73. The first-order valence-corrected chi connectivity index (χ1v) is 11.6. The molecule has 0 spiro atoms. The molecule has 1 fully saturated rings. The molecule has 2 aromatic carbocycles. The van der Waals surface area contributed by atoms with Crippen LogP contribution in [0.5, 0.6) is 0 Å².